The van der Waals surface area contributed by atoms with Gasteiger partial charge < -0.3 is 10.2 Å². The standard InChI is InChI=1S/C18H20N2O/c21-18(20-11-15-9-19-10-16(15)12-20)8-14-6-3-5-13-4-1-2-7-17(13)14/h1-7,15-16,19H,8-12H2/t15-,16+. The van der Waals surface area contributed by atoms with E-state index in [0.717, 1.165) is 31.7 Å². The number of amides is 1. The van der Waals surface area contributed by atoms with Crippen LogP contribution in [-0.2, 0) is 11.2 Å². The molecule has 2 fully saturated rings. The summed E-state index contributed by atoms with van der Waals surface area (Å²) in [4.78, 5) is 14.7. The third-order valence-corrected chi connectivity index (χ3v) is 4.96. The van der Waals surface area contributed by atoms with Crippen molar-refractivity contribution in [1.82, 2.24) is 10.2 Å². The first kappa shape index (κ1) is 12.8. The first-order valence-electron chi connectivity index (χ1n) is 7.76. The van der Waals surface area contributed by atoms with Gasteiger partial charge in [0, 0.05) is 26.2 Å². The van der Waals surface area contributed by atoms with Crippen LogP contribution in [0.4, 0.5) is 0 Å². The fraction of sp³-hybridized carbons (Fsp3) is 0.389. The third-order valence-electron chi connectivity index (χ3n) is 4.96. The van der Waals surface area contributed by atoms with Crippen LogP contribution < -0.4 is 5.32 Å². The van der Waals surface area contributed by atoms with Crippen LogP contribution in [-0.4, -0.2) is 37.0 Å². The summed E-state index contributed by atoms with van der Waals surface area (Å²) in [6.45, 7) is 4.01. The van der Waals surface area contributed by atoms with E-state index in [0.29, 0.717) is 18.3 Å². The summed E-state index contributed by atoms with van der Waals surface area (Å²) in [5.41, 5.74) is 1.15. The molecule has 21 heavy (non-hydrogen) atoms. The largest absolute Gasteiger partial charge is 0.342 e. The van der Waals surface area contributed by atoms with Crippen molar-refractivity contribution in [3.05, 3.63) is 48.0 Å². The van der Waals surface area contributed by atoms with Gasteiger partial charge in [-0.1, -0.05) is 42.5 Å². The number of benzene rings is 2. The number of fused-ring (bicyclic) bond motifs is 2. The molecular weight excluding hydrogens is 260 g/mol. The van der Waals surface area contributed by atoms with Crippen LogP contribution in [0, 0.1) is 11.8 Å². The Labute approximate surface area is 124 Å². The van der Waals surface area contributed by atoms with Crippen molar-refractivity contribution in [2.24, 2.45) is 11.8 Å². The zero-order valence-corrected chi connectivity index (χ0v) is 12.1. The van der Waals surface area contributed by atoms with Crippen molar-refractivity contribution in [1.29, 1.82) is 0 Å². The van der Waals surface area contributed by atoms with Crippen molar-refractivity contribution in [3.8, 4) is 0 Å². The summed E-state index contributed by atoms with van der Waals surface area (Å²) in [7, 11) is 0. The Balaban J connectivity index is 1.54. The van der Waals surface area contributed by atoms with Gasteiger partial charge in [0.2, 0.25) is 5.91 Å². The summed E-state index contributed by atoms with van der Waals surface area (Å²) in [5.74, 6) is 1.61. The van der Waals surface area contributed by atoms with E-state index in [1.807, 2.05) is 18.2 Å². The molecule has 2 atom stereocenters. The Hall–Kier alpha value is -1.87. The fourth-order valence-corrected chi connectivity index (χ4v) is 3.78. The van der Waals surface area contributed by atoms with E-state index in [-0.39, 0.29) is 5.91 Å². The molecule has 3 nitrogen and oxygen atoms in total. The van der Waals surface area contributed by atoms with Gasteiger partial charge in [0.15, 0.2) is 0 Å². The summed E-state index contributed by atoms with van der Waals surface area (Å²) < 4.78 is 0. The van der Waals surface area contributed by atoms with E-state index in [9.17, 15) is 4.79 Å². The van der Waals surface area contributed by atoms with Crippen LogP contribution in [0.5, 0.6) is 0 Å². The van der Waals surface area contributed by atoms with Crippen LogP contribution >= 0.6 is 0 Å². The van der Waals surface area contributed by atoms with Crippen LogP contribution in [0.15, 0.2) is 42.5 Å². The summed E-state index contributed by atoms with van der Waals surface area (Å²) in [6.07, 6.45) is 0.522. The molecule has 3 heteroatoms. The Morgan fingerprint density at radius 3 is 2.57 bits per heavy atom. The van der Waals surface area contributed by atoms with Crippen molar-refractivity contribution < 1.29 is 4.79 Å². The van der Waals surface area contributed by atoms with E-state index in [4.69, 9.17) is 0 Å². The molecule has 108 valence electrons. The Kier molecular flexibility index (Phi) is 3.15. The molecule has 2 aromatic rings. The first-order chi connectivity index (χ1) is 10.3. The average Bonchev–Trinajstić information content (AvgIpc) is 3.09. The molecule has 2 aromatic carbocycles. The Morgan fingerprint density at radius 2 is 1.76 bits per heavy atom. The third kappa shape index (κ3) is 2.32. The second kappa shape index (κ2) is 5.15. The molecule has 1 N–H and O–H groups in total. The summed E-state index contributed by atoms with van der Waals surface area (Å²) in [6, 6.07) is 14.5. The van der Waals surface area contributed by atoms with E-state index >= 15 is 0 Å². The van der Waals surface area contributed by atoms with Crippen LogP contribution in [0.3, 0.4) is 0 Å². The van der Waals surface area contributed by atoms with Crippen molar-refractivity contribution in [2.45, 2.75) is 6.42 Å². The highest BCUT2D eigenvalue weighted by Crippen LogP contribution is 2.27. The number of carbonyl (C=O) groups excluding carboxylic acids is 1. The molecule has 2 heterocycles. The zero-order valence-electron chi connectivity index (χ0n) is 12.1. The molecule has 0 spiro atoms. The highest BCUT2D eigenvalue weighted by Gasteiger charge is 2.37. The number of nitrogens with zero attached hydrogens (tertiary/aromatic N) is 1. The van der Waals surface area contributed by atoms with E-state index < -0.39 is 0 Å². The molecule has 2 aliphatic heterocycles. The van der Waals surface area contributed by atoms with Gasteiger partial charge in [0.1, 0.15) is 0 Å². The number of nitrogens with one attached hydrogen (secondary N) is 1. The lowest BCUT2D eigenvalue weighted by molar-refractivity contribution is -0.129. The van der Waals surface area contributed by atoms with Gasteiger partial charge in [0.05, 0.1) is 6.42 Å². The van der Waals surface area contributed by atoms with Crippen LogP contribution in [0.1, 0.15) is 5.56 Å². The molecule has 0 bridgehead atoms. The molecule has 1 amide bonds. The lowest BCUT2D eigenvalue weighted by Crippen LogP contribution is -2.33. The highest BCUT2D eigenvalue weighted by atomic mass is 16.2. The quantitative estimate of drug-likeness (QED) is 0.913. The minimum atomic E-state index is 0.278. The molecule has 2 saturated heterocycles. The van der Waals surface area contributed by atoms with Crippen molar-refractivity contribution in [3.63, 3.8) is 0 Å². The zero-order chi connectivity index (χ0) is 14.2. The van der Waals surface area contributed by atoms with Gasteiger partial charge in [0.25, 0.3) is 0 Å². The predicted molar refractivity (Wildman–Crippen MR) is 84.1 cm³/mol. The molecule has 4 rings (SSSR count). The number of hydrogen-bond acceptors (Lipinski definition) is 2. The first-order valence-corrected chi connectivity index (χ1v) is 7.76. The van der Waals surface area contributed by atoms with Gasteiger partial charge in [-0.2, -0.15) is 0 Å². The second-order valence-electron chi connectivity index (χ2n) is 6.29. The smallest absolute Gasteiger partial charge is 0.227 e. The van der Waals surface area contributed by atoms with Crippen molar-refractivity contribution >= 4 is 16.7 Å². The van der Waals surface area contributed by atoms with Crippen LogP contribution in [0.2, 0.25) is 0 Å². The maximum Gasteiger partial charge on any atom is 0.227 e. The average molecular weight is 280 g/mol. The van der Waals surface area contributed by atoms with Gasteiger partial charge in [-0.3, -0.25) is 4.79 Å². The Bertz CT molecular complexity index is 664. The molecule has 0 saturated carbocycles. The Morgan fingerprint density at radius 1 is 1.05 bits per heavy atom. The van der Waals surface area contributed by atoms with Crippen molar-refractivity contribution in [2.75, 3.05) is 26.2 Å². The minimum absolute atomic E-state index is 0.278. The number of hydrogen-bond donors (Lipinski definition) is 1. The van der Waals surface area contributed by atoms with Gasteiger partial charge in [-0.05, 0) is 28.2 Å². The van der Waals surface area contributed by atoms with E-state index in [1.54, 1.807) is 0 Å². The molecule has 2 aliphatic rings. The summed E-state index contributed by atoms with van der Waals surface area (Å²) >= 11 is 0. The lowest BCUT2D eigenvalue weighted by atomic mass is 10.0. The SMILES string of the molecule is O=C(Cc1cccc2ccccc12)N1C[C@H]2CNC[C@H]2C1. The normalized spacial score (nSPS) is 24.5. The van der Waals surface area contributed by atoms with Gasteiger partial charge in [-0.15, -0.1) is 0 Å². The number of rotatable bonds is 2. The molecular formula is C18H20N2O. The maximum absolute atomic E-state index is 12.6. The molecule has 0 aliphatic carbocycles. The predicted octanol–water partition coefficient (Wildman–Crippen LogP) is 2.06. The molecule has 0 unspecified atom stereocenters. The molecule has 0 radical (unpaired) electrons. The van der Waals surface area contributed by atoms with E-state index in [2.05, 4.69) is 34.5 Å². The minimum Gasteiger partial charge on any atom is -0.342 e. The topological polar surface area (TPSA) is 32.3 Å². The lowest BCUT2D eigenvalue weighted by Gasteiger charge is -2.18. The number of likely N-dealkylation sites (tertiary alicyclic amines) is 1. The van der Waals surface area contributed by atoms with E-state index in [1.165, 1.54) is 10.8 Å². The molecule has 0 aromatic heterocycles. The second-order valence-corrected chi connectivity index (χ2v) is 6.29. The highest BCUT2D eigenvalue weighted by molar-refractivity contribution is 5.90. The maximum atomic E-state index is 12.6. The van der Waals surface area contributed by atoms with Gasteiger partial charge >= 0.3 is 0 Å². The summed E-state index contributed by atoms with van der Waals surface area (Å²) in [5, 5.41) is 5.84. The van der Waals surface area contributed by atoms with Gasteiger partial charge in [-0.25, -0.2) is 0 Å². The van der Waals surface area contributed by atoms with Crippen LogP contribution in [0.25, 0.3) is 10.8 Å². The fourth-order valence-electron chi connectivity index (χ4n) is 3.78. The number of carbonyl (C=O) groups is 1. The monoisotopic (exact) mass is 280 g/mol.